The molecule has 0 bridgehead atoms. The van der Waals surface area contributed by atoms with Gasteiger partial charge in [0.1, 0.15) is 0 Å². The monoisotopic (exact) mass is 241 g/mol. The van der Waals surface area contributed by atoms with E-state index in [-0.39, 0.29) is 5.69 Å². The van der Waals surface area contributed by atoms with E-state index in [1.165, 1.54) is 0 Å². The minimum absolute atomic E-state index is 0.0911. The van der Waals surface area contributed by atoms with E-state index >= 15 is 0 Å². The molecule has 0 radical (unpaired) electrons. The Morgan fingerprint density at radius 2 is 2.17 bits per heavy atom. The van der Waals surface area contributed by atoms with Crippen LogP contribution in [0.2, 0.25) is 0 Å². The summed E-state index contributed by atoms with van der Waals surface area (Å²) in [5.41, 5.74) is 1.01. The minimum Gasteiger partial charge on any atom is -0.476 e. The molecular formula is C13H11N3O2. The zero-order chi connectivity index (χ0) is 13.0. The normalized spacial score (nSPS) is 9.61. The van der Waals surface area contributed by atoms with Crippen LogP contribution in [-0.4, -0.2) is 27.8 Å². The number of carboxylic acids is 1. The molecule has 5 nitrogen and oxygen atoms in total. The maximum atomic E-state index is 11.1. The van der Waals surface area contributed by atoms with Crippen LogP contribution < -0.4 is 5.32 Å². The second-order valence-corrected chi connectivity index (χ2v) is 3.53. The van der Waals surface area contributed by atoms with Crippen LogP contribution in [0.15, 0.2) is 24.3 Å². The topological polar surface area (TPSA) is 75.1 Å². The molecule has 1 aromatic carbocycles. The van der Waals surface area contributed by atoms with E-state index in [0.29, 0.717) is 17.7 Å². The number of aromatic nitrogens is 2. The number of fused-ring (bicyclic) bond motifs is 1. The number of nitrogens with zero attached hydrogens (tertiary/aromatic N) is 2. The molecule has 0 amide bonds. The van der Waals surface area contributed by atoms with Crippen molar-refractivity contribution in [1.29, 1.82) is 0 Å². The predicted octanol–water partition coefficient (Wildman–Crippen LogP) is 1.76. The molecular weight excluding hydrogens is 230 g/mol. The first kappa shape index (κ1) is 11.9. The lowest BCUT2D eigenvalue weighted by Gasteiger charge is -2.08. The van der Waals surface area contributed by atoms with Gasteiger partial charge in [0.25, 0.3) is 0 Å². The van der Waals surface area contributed by atoms with Gasteiger partial charge in [-0.25, -0.2) is 4.79 Å². The number of nitrogens with one attached hydrogen (secondary N) is 1. The van der Waals surface area contributed by atoms with Crippen LogP contribution in [0.3, 0.4) is 0 Å². The van der Waals surface area contributed by atoms with E-state index in [9.17, 15) is 4.79 Å². The molecule has 0 atom stereocenters. The van der Waals surface area contributed by atoms with Crippen LogP contribution in [0, 0.1) is 11.8 Å². The van der Waals surface area contributed by atoms with Gasteiger partial charge in [0.2, 0.25) is 0 Å². The molecule has 0 fully saturated rings. The Bertz CT molecular complexity index is 656. The number of benzene rings is 1. The lowest BCUT2D eigenvalue weighted by molar-refractivity contribution is 0.0690. The second kappa shape index (κ2) is 5.15. The first-order valence-electron chi connectivity index (χ1n) is 5.36. The van der Waals surface area contributed by atoms with Gasteiger partial charge < -0.3 is 10.4 Å². The quantitative estimate of drug-likeness (QED) is 0.801. The Morgan fingerprint density at radius 3 is 2.89 bits per heavy atom. The third-order valence-electron chi connectivity index (χ3n) is 2.40. The lowest BCUT2D eigenvalue weighted by atomic mass is 10.1. The maximum absolute atomic E-state index is 11.1. The average molecular weight is 241 g/mol. The van der Waals surface area contributed by atoms with Crippen molar-refractivity contribution in [3.8, 4) is 11.8 Å². The summed E-state index contributed by atoms with van der Waals surface area (Å²) in [6.45, 7) is 2.09. The van der Waals surface area contributed by atoms with E-state index in [0.717, 1.165) is 5.39 Å². The molecule has 18 heavy (non-hydrogen) atoms. The van der Waals surface area contributed by atoms with Crippen LogP contribution >= 0.6 is 0 Å². The fourth-order valence-electron chi connectivity index (χ4n) is 1.60. The van der Waals surface area contributed by atoms with E-state index in [1.807, 2.05) is 12.1 Å². The summed E-state index contributed by atoms with van der Waals surface area (Å²) in [4.78, 5) is 11.1. The fraction of sp³-hybridized carbons (Fsp3) is 0.154. The van der Waals surface area contributed by atoms with Gasteiger partial charge in [-0.15, -0.1) is 16.1 Å². The summed E-state index contributed by atoms with van der Waals surface area (Å²) >= 11 is 0. The first-order chi connectivity index (χ1) is 8.74. The maximum Gasteiger partial charge on any atom is 0.358 e. The average Bonchev–Trinajstić information content (AvgIpc) is 2.38. The van der Waals surface area contributed by atoms with Crippen molar-refractivity contribution in [2.45, 2.75) is 6.92 Å². The van der Waals surface area contributed by atoms with Crippen LogP contribution in [0.4, 0.5) is 5.69 Å². The Labute approximate surface area is 104 Å². The Balaban J connectivity index is 2.57. The lowest BCUT2D eigenvalue weighted by Crippen LogP contribution is -2.10. The fourth-order valence-corrected chi connectivity index (χ4v) is 1.60. The van der Waals surface area contributed by atoms with Gasteiger partial charge in [-0.1, -0.05) is 24.1 Å². The van der Waals surface area contributed by atoms with E-state index < -0.39 is 5.97 Å². The number of carbonyl (C=O) groups is 1. The number of hydrogen-bond acceptors (Lipinski definition) is 4. The molecule has 0 unspecified atom stereocenters. The first-order valence-corrected chi connectivity index (χ1v) is 5.36. The summed E-state index contributed by atoms with van der Waals surface area (Å²) in [5.74, 6) is 4.45. The van der Waals surface area contributed by atoms with Crippen LogP contribution in [0.5, 0.6) is 0 Å². The largest absolute Gasteiger partial charge is 0.476 e. The number of anilines is 1. The number of rotatable bonds is 3. The molecule has 0 saturated heterocycles. The molecule has 0 aliphatic rings. The zero-order valence-electron chi connectivity index (χ0n) is 9.77. The molecule has 0 saturated carbocycles. The van der Waals surface area contributed by atoms with E-state index in [2.05, 4.69) is 27.4 Å². The highest BCUT2D eigenvalue weighted by Gasteiger charge is 2.15. The highest BCUT2D eigenvalue weighted by Crippen LogP contribution is 2.23. The standard InChI is InChI=1S/C13H11N3O2/c1-2-3-8-14-11-9-6-4-5-7-10(9)15-16-12(11)13(17)18/h4-7H,8H2,1H3,(H,14,15)(H,17,18). The van der Waals surface area contributed by atoms with Crippen LogP contribution in [-0.2, 0) is 0 Å². The molecule has 0 aliphatic heterocycles. The van der Waals surface area contributed by atoms with Crippen molar-refractivity contribution in [3.63, 3.8) is 0 Å². The van der Waals surface area contributed by atoms with Crippen molar-refractivity contribution < 1.29 is 9.90 Å². The van der Waals surface area contributed by atoms with Crippen molar-refractivity contribution in [1.82, 2.24) is 10.2 Å². The van der Waals surface area contributed by atoms with Crippen molar-refractivity contribution in [3.05, 3.63) is 30.0 Å². The van der Waals surface area contributed by atoms with Crippen molar-refractivity contribution in [2.24, 2.45) is 0 Å². The molecule has 1 heterocycles. The molecule has 2 N–H and O–H groups in total. The van der Waals surface area contributed by atoms with Gasteiger partial charge in [-0.05, 0) is 13.0 Å². The molecule has 1 aromatic heterocycles. The number of hydrogen-bond donors (Lipinski definition) is 2. The summed E-state index contributed by atoms with van der Waals surface area (Å²) in [6.07, 6.45) is 0. The van der Waals surface area contributed by atoms with Gasteiger partial charge in [-0.3, -0.25) is 0 Å². The molecule has 2 aromatic rings. The Kier molecular flexibility index (Phi) is 3.39. The van der Waals surface area contributed by atoms with Crippen molar-refractivity contribution >= 4 is 22.6 Å². The van der Waals surface area contributed by atoms with E-state index in [4.69, 9.17) is 5.11 Å². The number of aromatic carboxylic acids is 1. The zero-order valence-corrected chi connectivity index (χ0v) is 9.77. The highest BCUT2D eigenvalue weighted by molar-refractivity contribution is 6.02. The Hall–Kier alpha value is -2.61. The molecule has 2 rings (SSSR count). The van der Waals surface area contributed by atoms with Crippen molar-refractivity contribution in [2.75, 3.05) is 11.9 Å². The van der Waals surface area contributed by atoms with Crippen LogP contribution in [0.25, 0.3) is 10.9 Å². The van der Waals surface area contributed by atoms with Gasteiger partial charge in [-0.2, -0.15) is 0 Å². The summed E-state index contributed by atoms with van der Waals surface area (Å²) < 4.78 is 0. The molecule has 90 valence electrons. The van der Waals surface area contributed by atoms with E-state index in [1.54, 1.807) is 19.1 Å². The second-order valence-electron chi connectivity index (χ2n) is 3.53. The predicted molar refractivity (Wildman–Crippen MR) is 68.4 cm³/mol. The molecule has 0 spiro atoms. The summed E-state index contributed by atoms with van der Waals surface area (Å²) in [5, 5.41) is 20.4. The third kappa shape index (κ3) is 2.23. The smallest absolute Gasteiger partial charge is 0.358 e. The van der Waals surface area contributed by atoms with Gasteiger partial charge >= 0.3 is 5.97 Å². The van der Waals surface area contributed by atoms with Crippen LogP contribution in [0.1, 0.15) is 17.4 Å². The molecule has 0 aliphatic carbocycles. The van der Waals surface area contributed by atoms with Gasteiger partial charge in [0, 0.05) is 5.39 Å². The van der Waals surface area contributed by atoms with Gasteiger partial charge in [0.05, 0.1) is 17.7 Å². The molecule has 5 heteroatoms. The number of carboxylic acid groups (broad SMARTS) is 1. The summed E-state index contributed by atoms with van der Waals surface area (Å²) in [6, 6.07) is 7.24. The summed E-state index contributed by atoms with van der Waals surface area (Å²) in [7, 11) is 0. The third-order valence-corrected chi connectivity index (χ3v) is 2.40. The SMILES string of the molecule is CC#CCNc1c(C(=O)O)nnc2ccccc12. The Morgan fingerprint density at radius 1 is 1.39 bits per heavy atom. The minimum atomic E-state index is -1.11. The highest BCUT2D eigenvalue weighted by atomic mass is 16.4. The van der Waals surface area contributed by atoms with Gasteiger partial charge in [0.15, 0.2) is 5.69 Å².